The van der Waals surface area contributed by atoms with Crippen LogP contribution in [0.2, 0.25) is 10.0 Å². The van der Waals surface area contributed by atoms with Gasteiger partial charge in [-0.15, -0.1) is 0 Å². The van der Waals surface area contributed by atoms with E-state index < -0.39 is 26.9 Å². The van der Waals surface area contributed by atoms with Crippen molar-refractivity contribution >= 4 is 39.1 Å². The van der Waals surface area contributed by atoms with Gasteiger partial charge in [-0.3, -0.25) is 8.98 Å². The minimum absolute atomic E-state index is 0.333. The Kier molecular flexibility index (Phi) is 5.90. The number of nitrogens with one attached hydrogen (secondary N) is 1. The lowest BCUT2D eigenvalue weighted by Crippen LogP contribution is -2.58. The zero-order valence-corrected chi connectivity index (χ0v) is 17.9. The molecule has 150 valence electrons. The molecule has 0 aromatic heterocycles. The molecule has 1 fully saturated rings. The Hall–Kier alpha value is -1.44. The van der Waals surface area contributed by atoms with Crippen LogP contribution in [0.25, 0.3) is 0 Å². The molecule has 1 aliphatic heterocycles. The molecule has 0 bridgehead atoms. The lowest BCUT2D eigenvalue weighted by molar-refractivity contribution is 0.0189. The van der Waals surface area contributed by atoms with E-state index in [0.717, 1.165) is 6.26 Å². The molecular formula is C20H21Cl2NO4S. The molecule has 1 heterocycles. The van der Waals surface area contributed by atoms with Crippen LogP contribution in [0.5, 0.6) is 0 Å². The van der Waals surface area contributed by atoms with Crippen molar-refractivity contribution in [2.45, 2.75) is 24.4 Å². The maximum Gasteiger partial charge on any atom is 0.265 e. The van der Waals surface area contributed by atoms with Crippen LogP contribution in [0, 0.1) is 0 Å². The molecule has 0 aliphatic carbocycles. The number of hydrogen-bond donors (Lipinski definition) is 1. The second-order valence-corrected chi connectivity index (χ2v) is 9.54. The van der Waals surface area contributed by atoms with E-state index in [0.29, 0.717) is 40.7 Å². The van der Waals surface area contributed by atoms with Crippen molar-refractivity contribution in [3.05, 3.63) is 69.7 Å². The van der Waals surface area contributed by atoms with Crippen molar-refractivity contribution in [1.82, 2.24) is 5.32 Å². The molecule has 1 N–H and O–H groups in total. The van der Waals surface area contributed by atoms with Crippen molar-refractivity contribution in [1.29, 1.82) is 0 Å². The first-order chi connectivity index (χ1) is 13.1. The number of Topliss-reactive ketones (excluding diaryl/α,β-unsaturated/α-hetero) is 1. The summed E-state index contributed by atoms with van der Waals surface area (Å²) < 4.78 is 29.9. The predicted molar refractivity (Wildman–Crippen MR) is 111 cm³/mol. The van der Waals surface area contributed by atoms with Crippen molar-refractivity contribution in [2.75, 3.05) is 19.3 Å². The molecule has 0 radical (unpaired) electrons. The van der Waals surface area contributed by atoms with E-state index in [9.17, 15) is 13.2 Å². The molecular weight excluding hydrogens is 421 g/mol. The Morgan fingerprint density at radius 1 is 1.14 bits per heavy atom. The summed E-state index contributed by atoms with van der Waals surface area (Å²) in [5.74, 6) is -0.409. The molecule has 1 saturated heterocycles. The number of hydrogen-bond acceptors (Lipinski definition) is 5. The third-order valence-electron chi connectivity index (χ3n) is 5.33. The lowest BCUT2D eigenvalue weighted by Gasteiger charge is -2.44. The number of carbonyl (C=O) groups excluding carboxylic acids is 1. The first kappa shape index (κ1) is 21.3. The van der Waals surface area contributed by atoms with Crippen LogP contribution in [-0.2, 0) is 19.7 Å². The van der Waals surface area contributed by atoms with E-state index in [1.165, 1.54) is 0 Å². The molecule has 3 rings (SSSR count). The minimum atomic E-state index is -3.94. The molecule has 2 aromatic rings. The average Bonchev–Trinajstić information content (AvgIpc) is 3.14. The van der Waals surface area contributed by atoms with Crippen molar-refractivity contribution in [3.63, 3.8) is 0 Å². The smallest absolute Gasteiger partial charge is 0.265 e. The molecule has 8 heteroatoms. The van der Waals surface area contributed by atoms with Crippen molar-refractivity contribution in [3.8, 4) is 0 Å². The number of benzene rings is 2. The summed E-state index contributed by atoms with van der Waals surface area (Å²) >= 11 is 12.3. The van der Waals surface area contributed by atoms with Gasteiger partial charge in [-0.25, -0.2) is 0 Å². The number of ketones is 1. The van der Waals surface area contributed by atoms with Crippen molar-refractivity contribution in [2.24, 2.45) is 0 Å². The summed E-state index contributed by atoms with van der Waals surface area (Å²) in [5.41, 5.74) is -1.55. The summed E-state index contributed by atoms with van der Waals surface area (Å²) in [4.78, 5) is 13.6. The number of halogens is 2. The van der Waals surface area contributed by atoms with E-state index in [1.54, 1.807) is 55.5 Å². The fraction of sp³-hybridized carbons (Fsp3) is 0.350. The van der Waals surface area contributed by atoms with Gasteiger partial charge in [0, 0.05) is 17.5 Å². The number of rotatable bonds is 6. The first-order valence-electron chi connectivity index (χ1n) is 8.76. The quantitative estimate of drug-likeness (QED) is 0.544. The predicted octanol–water partition coefficient (Wildman–Crippen LogP) is 3.84. The molecule has 2 atom stereocenters. The van der Waals surface area contributed by atoms with E-state index in [-0.39, 0.29) is 0 Å². The van der Waals surface area contributed by atoms with Gasteiger partial charge in [-0.05, 0) is 37.6 Å². The lowest BCUT2D eigenvalue weighted by atomic mass is 9.64. The van der Waals surface area contributed by atoms with Gasteiger partial charge in [0.2, 0.25) is 0 Å². The molecule has 2 unspecified atom stereocenters. The fourth-order valence-corrected chi connectivity index (χ4v) is 5.06. The summed E-state index contributed by atoms with van der Waals surface area (Å²) in [5, 5.41) is 3.95. The minimum Gasteiger partial charge on any atom is -0.316 e. The molecule has 0 amide bonds. The highest BCUT2D eigenvalue weighted by Crippen LogP contribution is 2.46. The van der Waals surface area contributed by atoms with E-state index in [2.05, 4.69) is 5.32 Å². The molecule has 2 aromatic carbocycles. The molecule has 1 aliphatic rings. The third kappa shape index (κ3) is 3.84. The summed E-state index contributed by atoms with van der Waals surface area (Å²) in [6, 6.07) is 13.6. The average molecular weight is 442 g/mol. The summed E-state index contributed by atoms with van der Waals surface area (Å²) in [6.45, 7) is 2.50. The SMILES string of the molecule is CC(OS(C)(=O)=O)(C(=O)c1ccccc1)C1(c2ccc(Cl)c(Cl)c2)CCNC1. The van der Waals surface area contributed by atoms with Gasteiger partial charge in [-0.2, -0.15) is 8.42 Å². The summed E-state index contributed by atoms with van der Waals surface area (Å²) in [6.07, 6.45) is 1.45. The van der Waals surface area contributed by atoms with Crippen LogP contribution in [0.1, 0.15) is 29.3 Å². The Bertz CT molecular complexity index is 989. The van der Waals surface area contributed by atoms with Crippen LogP contribution in [0.3, 0.4) is 0 Å². The normalized spacial score (nSPS) is 22.0. The maximum absolute atomic E-state index is 13.6. The Labute approximate surface area is 175 Å². The fourth-order valence-electron chi connectivity index (χ4n) is 3.92. The highest BCUT2D eigenvalue weighted by Gasteiger charge is 2.58. The van der Waals surface area contributed by atoms with Gasteiger partial charge in [-0.1, -0.05) is 59.6 Å². The largest absolute Gasteiger partial charge is 0.316 e. The van der Waals surface area contributed by atoms with Gasteiger partial charge in [0.25, 0.3) is 10.1 Å². The molecule has 28 heavy (non-hydrogen) atoms. The van der Waals surface area contributed by atoms with Crippen LogP contribution in [-0.4, -0.2) is 39.1 Å². The Morgan fingerprint density at radius 3 is 2.36 bits per heavy atom. The van der Waals surface area contributed by atoms with Gasteiger partial charge in [0.15, 0.2) is 11.4 Å². The van der Waals surface area contributed by atoms with Gasteiger partial charge in [0.05, 0.1) is 16.3 Å². The van der Waals surface area contributed by atoms with E-state index in [1.807, 2.05) is 0 Å². The Morgan fingerprint density at radius 2 is 1.82 bits per heavy atom. The number of carbonyl (C=O) groups is 1. The molecule has 5 nitrogen and oxygen atoms in total. The zero-order chi connectivity index (χ0) is 20.6. The Balaban J connectivity index is 2.24. The van der Waals surface area contributed by atoms with Crippen LogP contribution in [0.4, 0.5) is 0 Å². The van der Waals surface area contributed by atoms with Gasteiger partial charge < -0.3 is 5.32 Å². The molecule has 0 spiro atoms. The van der Waals surface area contributed by atoms with Gasteiger partial charge in [0.1, 0.15) is 0 Å². The van der Waals surface area contributed by atoms with Crippen LogP contribution >= 0.6 is 23.2 Å². The van der Waals surface area contributed by atoms with E-state index in [4.69, 9.17) is 27.4 Å². The van der Waals surface area contributed by atoms with Gasteiger partial charge >= 0.3 is 0 Å². The zero-order valence-electron chi connectivity index (χ0n) is 15.5. The highest BCUT2D eigenvalue weighted by atomic mass is 35.5. The topological polar surface area (TPSA) is 72.5 Å². The monoisotopic (exact) mass is 441 g/mol. The second kappa shape index (κ2) is 7.76. The highest BCUT2D eigenvalue weighted by molar-refractivity contribution is 7.86. The third-order valence-corrected chi connectivity index (χ3v) is 6.70. The summed E-state index contributed by atoms with van der Waals surface area (Å²) in [7, 11) is -3.94. The standard InChI is InChI=1S/C20H21Cl2NO4S/c1-19(27-28(2,25)26,18(24)14-6-4-3-5-7-14)20(10-11-23-13-20)15-8-9-16(21)17(22)12-15/h3-9,12,23H,10-11,13H2,1-2H3. The van der Waals surface area contributed by atoms with Crippen molar-refractivity contribution < 1.29 is 17.4 Å². The van der Waals surface area contributed by atoms with Crippen LogP contribution < -0.4 is 5.32 Å². The van der Waals surface area contributed by atoms with Crippen LogP contribution in [0.15, 0.2) is 48.5 Å². The second-order valence-electron chi connectivity index (χ2n) is 7.15. The first-order valence-corrected chi connectivity index (χ1v) is 11.3. The molecule has 0 saturated carbocycles. The van der Waals surface area contributed by atoms with E-state index >= 15 is 0 Å². The maximum atomic E-state index is 13.6.